The third-order valence-electron chi connectivity index (χ3n) is 4.43. The van der Waals surface area contributed by atoms with Crippen LogP contribution in [0.1, 0.15) is 33.6 Å². The van der Waals surface area contributed by atoms with Gasteiger partial charge in [-0.05, 0) is 24.2 Å². The molecule has 3 atom stereocenters. The molecule has 0 aromatic carbocycles. The van der Waals surface area contributed by atoms with Gasteiger partial charge in [0.2, 0.25) is 5.91 Å². The Labute approximate surface area is 111 Å². The van der Waals surface area contributed by atoms with Crippen molar-refractivity contribution in [2.45, 2.75) is 39.7 Å². The Morgan fingerprint density at radius 2 is 2.28 bits per heavy atom. The van der Waals surface area contributed by atoms with Crippen LogP contribution in [-0.2, 0) is 4.79 Å². The second-order valence-corrected chi connectivity index (χ2v) is 6.46. The minimum Gasteiger partial charge on any atom is -0.327 e. The number of hydrogen-bond acceptors (Lipinski definition) is 5. The molecule has 100 valence electrons. The molecule has 3 unspecified atom stereocenters. The van der Waals surface area contributed by atoms with Crippen LogP contribution in [-0.4, -0.2) is 21.5 Å². The highest BCUT2D eigenvalue weighted by Gasteiger charge is 2.45. The van der Waals surface area contributed by atoms with Gasteiger partial charge in [0.25, 0.3) is 0 Å². The maximum absolute atomic E-state index is 12.3. The number of nitrogens with one attached hydrogen (secondary N) is 1. The van der Waals surface area contributed by atoms with Crippen LogP contribution >= 0.6 is 11.5 Å². The highest BCUT2D eigenvalue weighted by atomic mass is 32.1. The zero-order valence-corrected chi connectivity index (χ0v) is 11.8. The molecular formula is C12H20N4OS. The third kappa shape index (κ3) is 2.40. The van der Waals surface area contributed by atoms with Crippen molar-refractivity contribution >= 4 is 22.4 Å². The van der Waals surface area contributed by atoms with Crippen LogP contribution in [0.4, 0.5) is 5.00 Å². The molecule has 0 aliphatic heterocycles. The van der Waals surface area contributed by atoms with E-state index in [9.17, 15) is 4.79 Å². The minimum absolute atomic E-state index is 0.00519. The molecule has 1 heterocycles. The van der Waals surface area contributed by atoms with Crippen LogP contribution in [0.3, 0.4) is 0 Å². The van der Waals surface area contributed by atoms with Crippen molar-refractivity contribution < 1.29 is 4.79 Å². The van der Waals surface area contributed by atoms with E-state index in [2.05, 4.69) is 35.7 Å². The normalized spacial score (nSPS) is 31.0. The van der Waals surface area contributed by atoms with E-state index in [-0.39, 0.29) is 23.3 Å². The van der Waals surface area contributed by atoms with Crippen LogP contribution < -0.4 is 11.1 Å². The average molecular weight is 268 g/mol. The maximum Gasteiger partial charge on any atom is 0.228 e. The Bertz CT molecular complexity index is 418. The minimum atomic E-state index is -0.0835. The smallest absolute Gasteiger partial charge is 0.228 e. The number of rotatable bonds is 2. The van der Waals surface area contributed by atoms with E-state index in [0.29, 0.717) is 10.9 Å². The topological polar surface area (TPSA) is 80.9 Å². The fourth-order valence-corrected chi connectivity index (χ4v) is 3.17. The number of nitrogens with two attached hydrogens (primary N) is 1. The first-order valence-electron chi connectivity index (χ1n) is 6.26. The van der Waals surface area contributed by atoms with E-state index in [1.165, 1.54) is 11.5 Å². The number of hydrogen-bond donors (Lipinski definition) is 2. The molecule has 1 aliphatic carbocycles. The van der Waals surface area contributed by atoms with Gasteiger partial charge in [0.1, 0.15) is 5.00 Å². The number of carbonyl (C=O) groups is 1. The Balaban J connectivity index is 2.10. The molecule has 0 spiro atoms. The van der Waals surface area contributed by atoms with E-state index >= 15 is 0 Å². The van der Waals surface area contributed by atoms with E-state index < -0.39 is 0 Å². The summed E-state index contributed by atoms with van der Waals surface area (Å²) in [6.07, 6.45) is 3.33. The van der Waals surface area contributed by atoms with Crippen LogP contribution in [0.25, 0.3) is 0 Å². The molecule has 2 rings (SSSR count). The highest BCUT2D eigenvalue weighted by molar-refractivity contribution is 7.10. The number of anilines is 1. The van der Waals surface area contributed by atoms with Gasteiger partial charge < -0.3 is 11.1 Å². The fraction of sp³-hybridized carbons (Fsp3) is 0.750. The van der Waals surface area contributed by atoms with Gasteiger partial charge >= 0.3 is 0 Å². The molecule has 1 aromatic rings. The van der Waals surface area contributed by atoms with E-state index in [0.717, 1.165) is 12.8 Å². The summed E-state index contributed by atoms with van der Waals surface area (Å²) in [5, 5.41) is 7.32. The second kappa shape index (κ2) is 4.93. The molecule has 1 aliphatic rings. The van der Waals surface area contributed by atoms with Crippen molar-refractivity contribution in [2.75, 3.05) is 5.32 Å². The summed E-state index contributed by atoms with van der Waals surface area (Å²) in [6.45, 7) is 6.40. The van der Waals surface area contributed by atoms with Crippen LogP contribution in [0.15, 0.2) is 6.20 Å². The maximum atomic E-state index is 12.3. The Kier molecular flexibility index (Phi) is 3.68. The molecule has 3 N–H and O–H groups in total. The van der Waals surface area contributed by atoms with Gasteiger partial charge in [0.15, 0.2) is 0 Å². The van der Waals surface area contributed by atoms with Gasteiger partial charge in [-0.25, -0.2) is 0 Å². The lowest BCUT2D eigenvalue weighted by molar-refractivity contribution is -0.127. The van der Waals surface area contributed by atoms with Crippen LogP contribution in [0, 0.1) is 17.3 Å². The zero-order valence-electron chi connectivity index (χ0n) is 11.0. The molecule has 1 saturated carbocycles. The number of amides is 1. The van der Waals surface area contributed by atoms with E-state index in [1.54, 1.807) is 6.20 Å². The third-order valence-corrected chi connectivity index (χ3v) is 5.01. The number of nitrogens with zero attached hydrogens (tertiary/aromatic N) is 2. The van der Waals surface area contributed by atoms with Crippen LogP contribution in [0.2, 0.25) is 0 Å². The van der Waals surface area contributed by atoms with E-state index in [4.69, 9.17) is 5.73 Å². The molecule has 5 nitrogen and oxygen atoms in total. The zero-order chi connectivity index (χ0) is 13.3. The molecule has 0 bridgehead atoms. The number of carbonyl (C=O) groups excluding carboxylic acids is 1. The Morgan fingerprint density at radius 1 is 1.56 bits per heavy atom. The van der Waals surface area contributed by atoms with Crippen LogP contribution in [0.5, 0.6) is 0 Å². The van der Waals surface area contributed by atoms with Gasteiger partial charge in [-0.3, -0.25) is 4.79 Å². The first-order valence-corrected chi connectivity index (χ1v) is 7.04. The summed E-state index contributed by atoms with van der Waals surface area (Å²) in [7, 11) is 0. The van der Waals surface area contributed by atoms with Gasteiger partial charge in [0.05, 0.1) is 6.20 Å². The first-order chi connectivity index (χ1) is 8.43. The second-order valence-electron chi connectivity index (χ2n) is 5.67. The molecule has 1 fully saturated rings. The van der Waals surface area contributed by atoms with Crippen molar-refractivity contribution in [3.05, 3.63) is 6.20 Å². The predicted molar refractivity (Wildman–Crippen MR) is 72.2 cm³/mol. The monoisotopic (exact) mass is 268 g/mol. The van der Waals surface area contributed by atoms with Gasteiger partial charge in [-0.1, -0.05) is 25.3 Å². The van der Waals surface area contributed by atoms with Gasteiger partial charge in [-0.2, -0.15) is 0 Å². The van der Waals surface area contributed by atoms with Gasteiger partial charge in [0, 0.05) is 23.5 Å². The summed E-state index contributed by atoms with van der Waals surface area (Å²) in [6, 6.07) is 0.189. The Hall–Kier alpha value is -1.01. The molecule has 1 amide bonds. The number of aromatic nitrogens is 2. The standard InChI is InChI=1S/C12H20N4OS/c1-7-9(13)5-4-8(12(7,2)3)11(17)15-10-6-14-16-18-10/h6-9H,4-5,13H2,1-3H3,(H,15,17). The molecule has 0 saturated heterocycles. The molecular weight excluding hydrogens is 248 g/mol. The summed E-state index contributed by atoms with van der Waals surface area (Å²) in [5.41, 5.74) is 6.02. The van der Waals surface area contributed by atoms with Crippen molar-refractivity contribution in [3.8, 4) is 0 Å². The molecule has 6 heteroatoms. The van der Waals surface area contributed by atoms with Crippen molar-refractivity contribution in [1.82, 2.24) is 9.59 Å². The van der Waals surface area contributed by atoms with Crippen molar-refractivity contribution in [1.29, 1.82) is 0 Å². The largest absolute Gasteiger partial charge is 0.327 e. The SMILES string of the molecule is CC1C(N)CCC(C(=O)Nc2cnns2)C1(C)C. The highest BCUT2D eigenvalue weighted by Crippen LogP contribution is 2.44. The van der Waals surface area contributed by atoms with E-state index in [1.807, 2.05) is 0 Å². The summed E-state index contributed by atoms with van der Waals surface area (Å²) in [4.78, 5) is 12.3. The van der Waals surface area contributed by atoms with Crippen molar-refractivity contribution in [2.24, 2.45) is 23.0 Å². The predicted octanol–water partition coefficient (Wildman–Crippen LogP) is 1.88. The first kappa shape index (κ1) is 13.4. The molecule has 0 radical (unpaired) electrons. The molecule has 18 heavy (non-hydrogen) atoms. The quantitative estimate of drug-likeness (QED) is 0.858. The summed E-state index contributed by atoms with van der Waals surface area (Å²) >= 11 is 1.20. The summed E-state index contributed by atoms with van der Waals surface area (Å²) < 4.78 is 3.74. The Morgan fingerprint density at radius 3 is 2.89 bits per heavy atom. The summed E-state index contributed by atoms with van der Waals surface area (Å²) in [5.74, 6) is 0.390. The lowest BCUT2D eigenvalue weighted by Gasteiger charge is -2.45. The van der Waals surface area contributed by atoms with Gasteiger partial charge in [-0.15, -0.1) is 5.10 Å². The molecule has 1 aromatic heterocycles. The lowest BCUT2D eigenvalue weighted by atomic mass is 9.61. The lowest BCUT2D eigenvalue weighted by Crippen LogP contribution is -2.50. The average Bonchev–Trinajstić information content (AvgIpc) is 2.78. The van der Waals surface area contributed by atoms with Crippen molar-refractivity contribution in [3.63, 3.8) is 0 Å². The fourth-order valence-electron chi connectivity index (χ4n) is 2.75.